The number of fused-ring (bicyclic) bond motifs is 1. The Balaban J connectivity index is 1.43. The Labute approximate surface area is 247 Å². The number of aryl methyl sites for hydroxylation is 2. The minimum atomic E-state index is -4.59. The van der Waals surface area contributed by atoms with Crippen LogP contribution in [0.1, 0.15) is 61.0 Å². The van der Waals surface area contributed by atoms with Crippen LogP contribution in [0.5, 0.6) is 5.75 Å². The second-order valence-electron chi connectivity index (χ2n) is 9.62. The second kappa shape index (κ2) is 11.7. The predicted octanol–water partition coefficient (Wildman–Crippen LogP) is 5.70. The number of hydrogen-bond acceptors (Lipinski definition) is 6. The first-order valence-corrected chi connectivity index (χ1v) is 14.4. The molecule has 0 saturated heterocycles. The molecule has 0 spiro atoms. The Bertz CT molecular complexity index is 1970. The molecule has 2 amide bonds. The fourth-order valence-corrected chi connectivity index (χ4v) is 5.82. The highest BCUT2D eigenvalue weighted by molar-refractivity contribution is 7.90. The van der Waals surface area contributed by atoms with Gasteiger partial charge < -0.3 is 14.0 Å². The van der Waals surface area contributed by atoms with E-state index in [1.165, 1.54) is 37.4 Å². The van der Waals surface area contributed by atoms with Gasteiger partial charge in [0.25, 0.3) is 15.9 Å². The number of aromatic nitrogens is 1. The van der Waals surface area contributed by atoms with Gasteiger partial charge >= 0.3 is 6.09 Å². The van der Waals surface area contributed by atoms with E-state index in [1.807, 2.05) is 4.72 Å². The van der Waals surface area contributed by atoms with E-state index in [-0.39, 0.29) is 22.4 Å². The number of rotatable bonds is 8. The molecule has 214 valence electrons. The van der Waals surface area contributed by atoms with Crippen LogP contribution in [-0.4, -0.2) is 38.2 Å². The number of nitrogens with zero attached hydrogens (tertiary/aromatic N) is 1. The van der Waals surface area contributed by atoms with Gasteiger partial charge in [0, 0.05) is 48.6 Å². The molecule has 1 aliphatic carbocycles. The van der Waals surface area contributed by atoms with E-state index in [0.29, 0.717) is 29.4 Å². The van der Waals surface area contributed by atoms with Gasteiger partial charge in [-0.3, -0.25) is 10.1 Å². The first-order chi connectivity index (χ1) is 21.9. The molecule has 41 heavy (non-hydrogen) atoms. The molecule has 1 heterocycles. The summed E-state index contributed by atoms with van der Waals surface area (Å²) in [6.07, 6.45) is -0.131. The summed E-state index contributed by atoms with van der Waals surface area (Å²) in [6, 6.07) is 13.7. The summed E-state index contributed by atoms with van der Waals surface area (Å²) in [5, 5.41) is 3.11. The third-order valence-electron chi connectivity index (χ3n) is 6.77. The highest BCUT2D eigenvalue weighted by atomic mass is 32.2. The number of carbonyl (C=O) groups excluding carboxylic acids is 2. The SMILES string of the molecule is [2H]C1(OC(=O)Nc2ccc3c(c2)c(C([2H])([2H])c2ccc(C(=O)NS(=O)(=O)c4ccccc4C([2H])([2H])[2H])cc2OC)cn3C)CCCC1. The van der Waals surface area contributed by atoms with Crippen LogP contribution in [0.4, 0.5) is 10.5 Å². The number of methoxy groups -OCH3 is 1. The van der Waals surface area contributed by atoms with E-state index in [9.17, 15) is 18.0 Å². The van der Waals surface area contributed by atoms with Crippen molar-refractivity contribution in [2.45, 2.75) is 49.9 Å². The van der Waals surface area contributed by atoms with Gasteiger partial charge in [-0.2, -0.15) is 0 Å². The molecule has 1 saturated carbocycles. The summed E-state index contributed by atoms with van der Waals surface area (Å²) in [6.45, 7) is -2.74. The molecular formula is C31H33N3O6S. The maximum absolute atomic E-state index is 13.1. The topological polar surface area (TPSA) is 116 Å². The Morgan fingerprint density at radius 2 is 1.88 bits per heavy atom. The lowest BCUT2D eigenvalue weighted by atomic mass is 10.0. The molecule has 1 aliphatic rings. The zero-order chi connectivity index (χ0) is 34.4. The van der Waals surface area contributed by atoms with Crippen LogP contribution in [0, 0.1) is 6.85 Å². The number of carbonyl (C=O) groups is 2. The molecule has 0 radical (unpaired) electrons. The van der Waals surface area contributed by atoms with Crippen LogP contribution < -0.4 is 14.8 Å². The summed E-state index contributed by atoms with van der Waals surface area (Å²) >= 11 is 0. The highest BCUT2D eigenvalue weighted by Gasteiger charge is 2.22. The number of sulfonamides is 1. The average Bonchev–Trinajstić information content (AvgIpc) is 3.58. The molecule has 1 aromatic heterocycles. The van der Waals surface area contributed by atoms with E-state index in [2.05, 4.69) is 5.32 Å². The molecule has 10 heteroatoms. The average molecular weight is 582 g/mol. The van der Waals surface area contributed by atoms with Gasteiger partial charge in [-0.15, -0.1) is 0 Å². The zero-order valence-corrected chi connectivity index (χ0v) is 23.3. The third kappa shape index (κ3) is 6.22. The first-order valence-electron chi connectivity index (χ1n) is 15.9. The normalized spacial score (nSPS) is 17.3. The molecule has 5 rings (SSSR count). The maximum Gasteiger partial charge on any atom is 0.411 e. The fraction of sp³-hybridized carbons (Fsp3) is 0.290. The largest absolute Gasteiger partial charge is 0.496 e. The first kappa shape index (κ1) is 21.4. The summed E-state index contributed by atoms with van der Waals surface area (Å²) in [4.78, 5) is 25.1. The van der Waals surface area contributed by atoms with Crippen molar-refractivity contribution in [3.05, 3.63) is 89.1 Å². The lowest BCUT2D eigenvalue weighted by Crippen LogP contribution is -2.31. The van der Waals surface area contributed by atoms with Crippen LogP contribution in [-0.2, 0) is 28.2 Å². The van der Waals surface area contributed by atoms with Crippen LogP contribution in [0.25, 0.3) is 10.9 Å². The minimum Gasteiger partial charge on any atom is -0.496 e. The molecule has 3 aromatic carbocycles. The quantitative estimate of drug-likeness (QED) is 0.276. The monoisotopic (exact) mass is 581 g/mol. The number of hydrogen-bond donors (Lipinski definition) is 2. The standard InChI is InChI=1S/C31H33N3O6S/c1-20-8-4-7-11-29(20)41(37,38)33-30(35)22-13-12-21(28(17-22)39-3)16-23-19-34(2)27-15-14-24(18-26(23)27)32-31(36)40-25-9-5-6-10-25/h4,7-8,11-15,17-19,25H,5-6,9-10,16H2,1-3H3,(H,32,36)(H,33,35)/i1D3,16D2,25D. The molecule has 0 bridgehead atoms. The van der Waals surface area contributed by atoms with Crippen LogP contribution in [0.2, 0.25) is 0 Å². The predicted molar refractivity (Wildman–Crippen MR) is 157 cm³/mol. The van der Waals surface area contributed by atoms with Gasteiger partial charge in [0.1, 0.15) is 11.8 Å². The van der Waals surface area contributed by atoms with Crippen LogP contribution >= 0.6 is 0 Å². The van der Waals surface area contributed by atoms with Crippen molar-refractivity contribution in [3.8, 4) is 5.75 Å². The molecule has 0 aliphatic heterocycles. The summed E-state index contributed by atoms with van der Waals surface area (Å²) < 4.78 is 90.1. The number of anilines is 1. The Hall–Kier alpha value is -4.31. The van der Waals surface area contributed by atoms with E-state index in [1.54, 1.807) is 36.0 Å². The molecule has 2 N–H and O–H groups in total. The zero-order valence-electron chi connectivity index (χ0n) is 28.5. The van der Waals surface area contributed by atoms with Gasteiger partial charge in [-0.1, -0.05) is 24.3 Å². The van der Waals surface area contributed by atoms with E-state index >= 15 is 0 Å². The van der Waals surface area contributed by atoms with Crippen LogP contribution in [0.15, 0.2) is 71.8 Å². The van der Waals surface area contributed by atoms with E-state index < -0.39 is 51.8 Å². The fourth-order valence-electron chi connectivity index (χ4n) is 4.73. The minimum absolute atomic E-state index is 0.0369. The van der Waals surface area contributed by atoms with Crippen LogP contribution in [0.3, 0.4) is 0 Å². The third-order valence-corrected chi connectivity index (χ3v) is 8.16. The van der Waals surface area contributed by atoms with Gasteiger partial charge in [0.2, 0.25) is 0 Å². The van der Waals surface area contributed by atoms with Crippen molar-refractivity contribution in [3.63, 3.8) is 0 Å². The summed E-state index contributed by atoms with van der Waals surface area (Å²) in [5.41, 5.74) is 0.643. The summed E-state index contributed by atoms with van der Waals surface area (Å²) in [7, 11) is -1.58. The van der Waals surface area contributed by atoms with Crippen molar-refractivity contribution in [1.82, 2.24) is 9.29 Å². The lowest BCUT2D eigenvalue weighted by molar-refractivity contribution is 0.0980. The lowest BCUT2D eigenvalue weighted by Gasteiger charge is -2.13. The number of benzene rings is 3. The molecule has 4 aromatic rings. The van der Waals surface area contributed by atoms with Gasteiger partial charge in [-0.05, 0) is 85.6 Å². The highest BCUT2D eigenvalue weighted by Crippen LogP contribution is 2.30. The molecule has 1 fully saturated rings. The number of nitrogens with one attached hydrogen (secondary N) is 2. The molecule has 0 atom stereocenters. The number of amides is 2. The Kier molecular flexibility index (Phi) is 6.10. The van der Waals surface area contributed by atoms with Crippen molar-refractivity contribution >= 4 is 38.6 Å². The Morgan fingerprint density at radius 1 is 1.10 bits per heavy atom. The van der Waals surface area contributed by atoms with E-state index in [0.717, 1.165) is 25.0 Å². The smallest absolute Gasteiger partial charge is 0.411 e. The number of ether oxygens (including phenoxy) is 2. The molecular weight excluding hydrogens is 542 g/mol. The second-order valence-corrected chi connectivity index (χ2v) is 11.3. The van der Waals surface area contributed by atoms with Gasteiger partial charge in [0.15, 0.2) is 0 Å². The van der Waals surface area contributed by atoms with Crippen molar-refractivity contribution < 1.29 is 35.7 Å². The van der Waals surface area contributed by atoms with E-state index in [4.69, 9.17) is 17.7 Å². The molecule has 9 nitrogen and oxygen atoms in total. The van der Waals surface area contributed by atoms with Crippen molar-refractivity contribution in [1.29, 1.82) is 0 Å². The summed E-state index contributed by atoms with van der Waals surface area (Å²) in [5.74, 6) is -1.12. The van der Waals surface area contributed by atoms with Crippen molar-refractivity contribution in [2.24, 2.45) is 7.05 Å². The maximum atomic E-state index is 13.1. The van der Waals surface area contributed by atoms with Crippen molar-refractivity contribution in [2.75, 3.05) is 12.4 Å². The molecule has 0 unspecified atom stereocenters. The Morgan fingerprint density at radius 3 is 2.63 bits per heavy atom. The van der Waals surface area contributed by atoms with Gasteiger partial charge in [0.05, 0.1) is 13.4 Å². The van der Waals surface area contributed by atoms with Gasteiger partial charge in [-0.25, -0.2) is 17.9 Å².